The third kappa shape index (κ3) is 4.81. The Morgan fingerprint density at radius 2 is 1.70 bits per heavy atom. The minimum Gasteiger partial charge on any atom is -0.457 e. The molecule has 4 aromatic rings. The van der Waals surface area contributed by atoms with Gasteiger partial charge in [0, 0.05) is 18.8 Å². The number of ether oxygens (including phenoxy) is 1. The lowest BCUT2D eigenvalue weighted by molar-refractivity contribution is -0.137. The average Bonchev–Trinajstić information content (AvgIpc) is 3.04. The van der Waals surface area contributed by atoms with Gasteiger partial charge in [-0.1, -0.05) is 0 Å². The number of aryl methyl sites for hydroxylation is 1. The number of nitrogen functional groups attached to an aromatic ring is 1. The van der Waals surface area contributed by atoms with Gasteiger partial charge in [-0.3, -0.25) is 0 Å². The van der Waals surface area contributed by atoms with E-state index in [0.717, 1.165) is 11.0 Å². The highest BCUT2D eigenvalue weighted by Gasteiger charge is 2.31. The Bertz CT molecular complexity index is 1330. The van der Waals surface area contributed by atoms with Crippen molar-refractivity contribution < 1.29 is 27.1 Å². The molecule has 7 nitrogen and oxygen atoms in total. The first-order valence-electron chi connectivity index (χ1n) is 9.55. The molecule has 0 bridgehead atoms. The van der Waals surface area contributed by atoms with Gasteiger partial charge in [-0.25, -0.2) is 14.2 Å². The Hall–Kier alpha value is -4.28. The van der Waals surface area contributed by atoms with Gasteiger partial charge in [0.05, 0.1) is 22.3 Å². The van der Waals surface area contributed by atoms with Crippen molar-refractivity contribution in [1.29, 1.82) is 0 Å². The molecule has 4 rings (SSSR count). The van der Waals surface area contributed by atoms with E-state index in [-0.39, 0.29) is 0 Å². The largest absolute Gasteiger partial charge is 0.457 e. The summed E-state index contributed by atoms with van der Waals surface area (Å²) in [7, 11) is 1.78. The number of carbonyl (C=O) groups is 1. The lowest BCUT2D eigenvalue weighted by atomic mass is 10.2. The van der Waals surface area contributed by atoms with Crippen molar-refractivity contribution in [3.05, 3.63) is 72.0 Å². The zero-order valence-corrected chi connectivity index (χ0v) is 17.1. The SMILES string of the molecule is Cn1c(N)nc2ccc(Oc3ccc(NC(=O)Nc4cc(C(F)(F)F)ccc4F)cc3)cc21. The number of anilines is 3. The topological polar surface area (TPSA) is 94.2 Å². The highest BCUT2D eigenvalue weighted by Crippen LogP contribution is 2.32. The van der Waals surface area contributed by atoms with Gasteiger partial charge in [0.25, 0.3) is 0 Å². The molecular formula is C22H17F4N5O2. The maximum atomic E-state index is 13.8. The van der Waals surface area contributed by atoms with Crippen LogP contribution in [0.5, 0.6) is 11.5 Å². The zero-order chi connectivity index (χ0) is 23.8. The van der Waals surface area contributed by atoms with Crippen molar-refractivity contribution in [1.82, 2.24) is 9.55 Å². The number of nitrogens with zero attached hydrogens (tertiary/aromatic N) is 2. The summed E-state index contributed by atoms with van der Waals surface area (Å²) in [6.07, 6.45) is -4.66. The Kier molecular flexibility index (Phi) is 5.54. The summed E-state index contributed by atoms with van der Waals surface area (Å²) in [4.78, 5) is 16.3. The number of fused-ring (bicyclic) bond motifs is 1. The van der Waals surface area contributed by atoms with E-state index in [2.05, 4.69) is 15.6 Å². The van der Waals surface area contributed by atoms with Crippen LogP contribution in [-0.2, 0) is 13.2 Å². The molecule has 170 valence electrons. The van der Waals surface area contributed by atoms with Crippen LogP contribution in [0.15, 0.2) is 60.7 Å². The molecule has 0 saturated carbocycles. The van der Waals surface area contributed by atoms with Crippen molar-refractivity contribution in [3.63, 3.8) is 0 Å². The number of halogens is 4. The van der Waals surface area contributed by atoms with Crippen molar-refractivity contribution in [2.75, 3.05) is 16.4 Å². The van der Waals surface area contributed by atoms with Crippen LogP contribution in [0.4, 0.5) is 39.7 Å². The normalized spacial score (nSPS) is 11.4. The van der Waals surface area contributed by atoms with Gasteiger partial charge in [0.1, 0.15) is 17.3 Å². The van der Waals surface area contributed by atoms with Crippen LogP contribution in [0.2, 0.25) is 0 Å². The van der Waals surface area contributed by atoms with Gasteiger partial charge >= 0.3 is 12.2 Å². The predicted molar refractivity (Wildman–Crippen MR) is 116 cm³/mol. The number of aromatic nitrogens is 2. The summed E-state index contributed by atoms with van der Waals surface area (Å²) in [5, 5.41) is 4.50. The van der Waals surface area contributed by atoms with E-state index in [9.17, 15) is 22.4 Å². The number of rotatable bonds is 4. The number of urea groups is 1. The highest BCUT2D eigenvalue weighted by atomic mass is 19.4. The minimum atomic E-state index is -4.66. The first-order chi connectivity index (χ1) is 15.6. The number of alkyl halides is 3. The zero-order valence-electron chi connectivity index (χ0n) is 17.1. The number of nitrogens with two attached hydrogens (primary N) is 1. The van der Waals surface area contributed by atoms with Gasteiger partial charge in [-0.15, -0.1) is 0 Å². The summed E-state index contributed by atoms with van der Waals surface area (Å²) in [5.41, 5.74) is 5.97. The molecule has 11 heteroatoms. The fourth-order valence-electron chi connectivity index (χ4n) is 3.08. The van der Waals surface area contributed by atoms with Gasteiger partial charge in [0.15, 0.2) is 0 Å². The Balaban J connectivity index is 1.42. The third-order valence-electron chi connectivity index (χ3n) is 4.78. The number of amides is 2. The van der Waals surface area contributed by atoms with Crippen molar-refractivity contribution in [2.45, 2.75) is 6.18 Å². The maximum absolute atomic E-state index is 13.8. The standard InChI is InChI=1S/C22H17F4N5O2/c1-31-19-11-15(7-9-17(19)29-20(31)27)33-14-5-3-13(4-6-14)28-21(32)30-18-10-12(22(24,25)26)2-8-16(18)23/h2-11H,1H3,(H2,27,29)(H2,28,30,32). The fourth-order valence-corrected chi connectivity index (χ4v) is 3.08. The lowest BCUT2D eigenvalue weighted by Gasteiger charge is -2.12. The van der Waals surface area contributed by atoms with E-state index in [1.165, 1.54) is 12.1 Å². The second kappa shape index (κ2) is 8.34. The van der Waals surface area contributed by atoms with Crippen LogP contribution in [-0.4, -0.2) is 15.6 Å². The van der Waals surface area contributed by atoms with Crippen molar-refractivity contribution >= 4 is 34.4 Å². The quantitative estimate of drug-likeness (QED) is 0.339. The van der Waals surface area contributed by atoms with E-state index >= 15 is 0 Å². The van der Waals surface area contributed by atoms with E-state index in [1.807, 2.05) is 0 Å². The summed E-state index contributed by atoms with van der Waals surface area (Å²) in [5.74, 6) is 0.401. The first-order valence-corrected chi connectivity index (χ1v) is 9.55. The van der Waals surface area contributed by atoms with E-state index < -0.39 is 29.3 Å². The van der Waals surface area contributed by atoms with Gasteiger partial charge in [0.2, 0.25) is 5.95 Å². The molecule has 1 aromatic heterocycles. The van der Waals surface area contributed by atoms with Crippen molar-refractivity contribution in [3.8, 4) is 11.5 Å². The number of hydrogen-bond donors (Lipinski definition) is 3. The molecule has 3 aromatic carbocycles. The van der Waals surface area contributed by atoms with Gasteiger partial charge in [-0.05, 0) is 54.6 Å². The number of nitrogens with one attached hydrogen (secondary N) is 2. The third-order valence-corrected chi connectivity index (χ3v) is 4.78. The molecule has 0 atom stereocenters. The molecule has 0 aliphatic carbocycles. The molecule has 33 heavy (non-hydrogen) atoms. The second-order valence-corrected chi connectivity index (χ2v) is 7.08. The first kappa shape index (κ1) is 21.9. The number of benzene rings is 3. The Morgan fingerprint density at radius 1 is 1.00 bits per heavy atom. The molecule has 0 aliphatic rings. The highest BCUT2D eigenvalue weighted by molar-refractivity contribution is 5.99. The van der Waals surface area contributed by atoms with Crippen LogP contribution >= 0.6 is 0 Å². The van der Waals surface area contributed by atoms with E-state index in [1.54, 1.807) is 41.9 Å². The molecule has 1 heterocycles. The predicted octanol–water partition coefficient (Wildman–Crippen LogP) is 5.75. The van der Waals surface area contributed by atoms with Crippen LogP contribution in [0.1, 0.15) is 5.56 Å². The van der Waals surface area contributed by atoms with Crippen LogP contribution in [0, 0.1) is 5.82 Å². The molecule has 2 amide bonds. The molecule has 0 aliphatic heterocycles. The monoisotopic (exact) mass is 459 g/mol. The van der Waals surface area contributed by atoms with Gasteiger partial charge < -0.3 is 25.7 Å². The Labute approximate surface area is 184 Å². The summed E-state index contributed by atoms with van der Waals surface area (Å²) in [6, 6.07) is 12.4. The molecule has 0 radical (unpaired) electrons. The van der Waals surface area contributed by atoms with Gasteiger partial charge in [-0.2, -0.15) is 13.2 Å². The average molecular weight is 459 g/mol. The number of carbonyl (C=O) groups excluding carboxylic acids is 1. The molecular weight excluding hydrogens is 442 g/mol. The second-order valence-electron chi connectivity index (χ2n) is 7.08. The molecule has 0 spiro atoms. The maximum Gasteiger partial charge on any atom is 0.416 e. The molecule has 0 unspecified atom stereocenters. The minimum absolute atomic E-state index is 0.321. The van der Waals surface area contributed by atoms with E-state index in [4.69, 9.17) is 10.5 Å². The number of hydrogen-bond acceptors (Lipinski definition) is 4. The molecule has 0 saturated heterocycles. The van der Waals surface area contributed by atoms with Crippen LogP contribution in [0.25, 0.3) is 11.0 Å². The summed E-state index contributed by atoms with van der Waals surface area (Å²) >= 11 is 0. The summed E-state index contributed by atoms with van der Waals surface area (Å²) < 4.78 is 59.7. The Morgan fingerprint density at radius 3 is 2.39 bits per heavy atom. The number of imidazole rings is 1. The summed E-state index contributed by atoms with van der Waals surface area (Å²) in [6.45, 7) is 0. The van der Waals surface area contributed by atoms with Crippen LogP contribution < -0.4 is 21.1 Å². The smallest absolute Gasteiger partial charge is 0.416 e. The fraction of sp³-hybridized carbons (Fsp3) is 0.0909. The van der Waals surface area contributed by atoms with E-state index in [0.29, 0.717) is 41.3 Å². The molecule has 4 N–H and O–H groups in total. The van der Waals surface area contributed by atoms with Crippen molar-refractivity contribution in [2.24, 2.45) is 7.05 Å². The lowest BCUT2D eigenvalue weighted by Crippen LogP contribution is -2.20. The van der Waals surface area contributed by atoms with Crippen LogP contribution in [0.3, 0.4) is 0 Å². The molecule has 0 fully saturated rings.